The van der Waals surface area contributed by atoms with Gasteiger partial charge in [0.05, 0.1) is 16.9 Å². The lowest BCUT2D eigenvalue weighted by atomic mass is 10.2. The van der Waals surface area contributed by atoms with E-state index in [9.17, 15) is 0 Å². The van der Waals surface area contributed by atoms with Crippen molar-refractivity contribution in [3.05, 3.63) is 44.1 Å². The highest BCUT2D eigenvalue weighted by Gasteiger charge is 2.08. The molecule has 0 saturated heterocycles. The summed E-state index contributed by atoms with van der Waals surface area (Å²) in [7, 11) is 0. The first kappa shape index (κ1) is 13.1. The maximum atomic E-state index is 8.90. The number of hydrogen-bond donors (Lipinski definition) is 2. The lowest BCUT2D eigenvalue weighted by molar-refractivity contribution is 1.29. The zero-order valence-corrected chi connectivity index (χ0v) is 12.9. The standard InChI is InChI=1S/C12H8BrIN4/c13-9-5-8(14)1-2-10(9)18-12-11(16)7(6-15)3-4-17-12/h1-5H,16H2,(H,17,18). The van der Waals surface area contributed by atoms with Gasteiger partial charge in [0.25, 0.3) is 0 Å². The van der Waals surface area contributed by atoms with E-state index in [1.165, 1.54) is 0 Å². The Balaban J connectivity index is 2.38. The minimum Gasteiger partial charge on any atom is -0.395 e. The molecule has 1 aromatic carbocycles. The fraction of sp³-hybridized carbons (Fsp3) is 0. The van der Waals surface area contributed by atoms with E-state index in [-0.39, 0.29) is 0 Å². The summed E-state index contributed by atoms with van der Waals surface area (Å²) in [5.41, 5.74) is 7.47. The molecule has 3 N–H and O–H groups in total. The number of anilines is 3. The minimum atomic E-state index is 0.352. The molecule has 18 heavy (non-hydrogen) atoms. The summed E-state index contributed by atoms with van der Waals surface area (Å²) in [5.74, 6) is 0.482. The van der Waals surface area contributed by atoms with Gasteiger partial charge in [-0.1, -0.05) is 0 Å². The zero-order chi connectivity index (χ0) is 13.1. The van der Waals surface area contributed by atoms with Gasteiger partial charge in [0.2, 0.25) is 0 Å². The number of benzene rings is 1. The van der Waals surface area contributed by atoms with E-state index in [4.69, 9.17) is 11.0 Å². The molecular weight excluding hydrogens is 407 g/mol. The van der Waals surface area contributed by atoms with Crippen molar-refractivity contribution in [3.8, 4) is 6.07 Å². The molecule has 0 bridgehead atoms. The molecule has 0 aliphatic rings. The van der Waals surface area contributed by atoms with E-state index in [1.54, 1.807) is 12.3 Å². The Morgan fingerprint density at radius 1 is 1.39 bits per heavy atom. The van der Waals surface area contributed by atoms with Gasteiger partial charge >= 0.3 is 0 Å². The van der Waals surface area contributed by atoms with Crippen LogP contribution in [0.5, 0.6) is 0 Å². The van der Waals surface area contributed by atoms with E-state index in [2.05, 4.69) is 48.8 Å². The maximum absolute atomic E-state index is 8.90. The van der Waals surface area contributed by atoms with Crippen LogP contribution in [-0.4, -0.2) is 4.98 Å². The number of aromatic nitrogens is 1. The van der Waals surface area contributed by atoms with Crippen LogP contribution in [0.4, 0.5) is 17.2 Å². The van der Waals surface area contributed by atoms with Crippen molar-refractivity contribution in [3.63, 3.8) is 0 Å². The van der Waals surface area contributed by atoms with Gasteiger partial charge in [-0.3, -0.25) is 0 Å². The third-order valence-corrected chi connectivity index (χ3v) is 3.62. The highest BCUT2D eigenvalue weighted by atomic mass is 127. The number of nitrogen functional groups attached to an aromatic ring is 1. The molecule has 90 valence electrons. The maximum Gasteiger partial charge on any atom is 0.154 e. The highest BCUT2D eigenvalue weighted by molar-refractivity contribution is 14.1. The molecule has 0 atom stereocenters. The third-order valence-electron chi connectivity index (χ3n) is 2.29. The Hall–Kier alpha value is -1.33. The van der Waals surface area contributed by atoms with E-state index < -0.39 is 0 Å². The van der Waals surface area contributed by atoms with Crippen LogP contribution < -0.4 is 11.1 Å². The summed E-state index contributed by atoms with van der Waals surface area (Å²) in [5, 5.41) is 12.0. The summed E-state index contributed by atoms with van der Waals surface area (Å²) >= 11 is 5.69. The smallest absolute Gasteiger partial charge is 0.154 e. The number of rotatable bonds is 2. The van der Waals surface area contributed by atoms with Gasteiger partial charge in [0, 0.05) is 14.2 Å². The normalized spacial score (nSPS) is 9.83. The van der Waals surface area contributed by atoms with Crippen LogP contribution in [0.15, 0.2) is 34.9 Å². The Kier molecular flexibility index (Phi) is 4.04. The molecule has 0 amide bonds. The molecule has 6 heteroatoms. The molecule has 0 aliphatic heterocycles. The van der Waals surface area contributed by atoms with Crippen LogP contribution in [-0.2, 0) is 0 Å². The molecule has 0 spiro atoms. The summed E-state index contributed by atoms with van der Waals surface area (Å²) in [6, 6.07) is 9.49. The van der Waals surface area contributed by atoms with Crippen molar-refractivity contribution in [1.82, 2.24) is 4.98 Å². The van der Waals surface area contributed by atoms with Crippen LogP contribution >= 0.6 is 38.5 Å². The second kappa shape index (κ2) is 5.54. The predicted octanol–water partition coefficient (Wildman–Crippen LogP) is 3.65. The summed E-state index contributed by atoms with van der Waals surface area (Å²) < 4.78 is 2.04. The predicted molar refractivity (Wildman–Crippen MR) is 83.5 cm³/mol. The molecule has 4 nitrogen and oxygen atoms in total. The number of halogens is 2. The van der Waals surface area contributed by atoms with Gasteiger partial charge < -0.3 is 11.1 Å². The highest BCUT2D eigenvalue weighted by Crippen LogP contribution is 2.29. The van der Waals surface area contributed by atoms with Crippen LogP contribution in [0.3, 0.4) is 0 Å². The van der Waals surface area contributed by atoms with Gasteiger partial charge in [-0.2, -0.15) is 5.26 Å². The summed E-state index contributed by atoms with van der Waals surface area (Å²) in [4.78, 5) is 4.14. The Bertz CT molecular complexity index is 636. The van der Waals surface area contributed by atoms with Crippen LogP contribution in [0.1, 0.15) is 5.56 Å². The quantitative estimate of drug-likeness (QED) is 0.735. The number of nitrogens with one attached hydrogen (secondary N) is 1. The Labute approximate surface area is 126 Å². The SMILES string of the molecule is N#Cc1ccnc(Nc2ccc(I)cc2Br)c1N. The van der Waals surface area contributed by atoms with Gasteiger partial charge in [0.15, 0.2) is 5.82 Å². The lowest BCUT2D eigenvalue weighted by Gasteiger charge is -2.10. The average molecular weight is 415 g/mol. The fourth-order valence-corrected chi connectivity index (χ4v) is 2.79. The van der Waals surface area contributed by atoms with Crippen molar-refractivity contribution in [2.75, 3.05) is 11.1 Å². The molecule has 1 aromatic heterocycles. The van der Waals surface area contributed by atoms with Crippen molar-refractivity contribution >= 4 is 55.7 Å². The Morgan fingerprint density at radius 2 is 2.17 bits per heavy atom. The van der Waals surface area contributed by atoms with Crippen molar-refractivity contribution < 1.29 is 0 Å². The number of nitrogens with zero attached hydrogens (tertiary/aromatic N) is 2. The fourth-order valence-electron chi connectivity index (χ4n) is 1.39. The molecule has 2 aromatic rings. The molecule has 0 aliphatic carbocycles. The minimum absolute atomic E-state index is 0.352. The van der Waals surface area contributed by atoms with Gasteiger partial charge in [-0.15, -0.1) is 0 Å². The van der Waals surface area contributed by atoms with Crippen molar-refractivity contribution in [2.24, 2.45) is 0 Å². The second-order valence-electron chi connectivity index (χ2n) is 3.48. The van der Waals surface area contributed by atoms with Gasteiger partial charge in [0.1, 0.15) is 6.07 Å². The zero-order valence-electron chi connectivity index (χ0n) is 9.11. The van der Waals surface area contributed by atoms with Crippen LogP contribution in [0.25, 0.3) is 0 Å². The number of hydrogen-bond acceptors (Lipinski definition) is 4. The molecule has 1 heterocycles. The summed E-state index contributed by atoms with van der Waals surface area (Å²) in [6.45, 7) is 0. The van der Waals surface area contributed by atoms with Gasteiger partial charge in [-0.25, -0.2) is 4.98 Å². The lowest BCUT2D eigenvalue weighted by Crippen LogP contribution is -2.01. The van der Waals surface area contributed by atoms with Crippen LogP contribution in [0.2, 0.25) is 0 Å². The van der Waals surface area contributed by atoms with Crippen molar-refractivity contribution in [1.29, 1.82) is 5.26 Å². The Morgan fingerprint density at radius 3 is 2.83 bits per heavy atom. The molecule has 0 radical (unpaired) electrons. The second-order valence-corrected chi connectivity index (χ2v) is 5.58. The van der Waals surface area contributed by atoms with E-state index in [1.807, 2.05) is 24.3 Å². The van der Waals surface area contributed by atoms with E-state index in [0.717, 1.165) is 13.7 Å². The first-order valence-corrected chi connectivity index (χ1v) is 6.85. The van der Waals surface area contributed by atoms with E-state index in [0.29, 0.717) is 17.1 Å². The number of pyridine rings is 1. The number of nitrogens with two attached hydrogens (primary N) is 1. The van der Waals surface area contributed by atoms with Crippen LogP contribution in [0, 0.1) is 14.9 Å². The first-order valence-electron chi connectivity index (χ1n) is 4.98. The summed E-state index contributed by atoms with van der Waals surface area (Å²) in [6.07, 6.45) is 1.55. The molecule has 0 fully saturated rings. The largest absolute Gasteiger partial charge is 0.395 e. The topological polar surface area (TPSA) is 74.7 Å². The monoisotopic (exact) mass is 414 g/mol. The number of nitriles is 1. The molecule has 2 rings (SSSR count). The molecule has 0 saturated carbocycles. The van der Waals surface area contributed by atoms with Gasteiger partial charge in [-0.05, 0) is 62.8 Å². The molecule has 0 unspecified atom stereocenters. The molecular formula is C12H8BrIN4. The third kappa shape index (κ3) is 2.73. The first-order chi connectivity index (χ1) is 8.61. The average Bonchev–Trinajstić information content (AvgIpc) is 2.35. The van der Waals surface area contributed by atoms with E-state index >= 15 is 0 Å². The van der Waals surface area contributed by atoms with Crippen molar-refractivity contribution in [2.45, 2.75) is 0 Å².